The fourth-order valence-electron chi connectivity index (χ4n) is 4.93. The van der Waals surface area contributed by atoms with Crippen LogP contribution in [0.2, 0.25) is 0 Å². The van der Waals surface area contributed by atoms with E-state index in [1.54, 1.807) is 12.2 Å². The maximum Gasteiger partial charge on any atom is 0.331 e. The molecule has 0 aliphatic heterocycles. The zero-order valence-electron chi connectivity index (χ0n) is 32.3. The van der Waals surface area contributed by atoms with Gasteiger partial charge < -0.3 is 27.9 Å². The monoisotopic (exact) mass is 725 g/mol. The minimum atomic E-state index is -4.65. The average molecular weight is 726 g/mol. The van der Waals surface area contributed by atoms with Crippen LogP contribution < -0.4 is 4.89 Å². The van der Waals surface area contributed by atoms with Gasteiger partial charge in [0.25, 0.3) is 7.82 Å². The lowest BCUT2D eigenvalue weighted by atomic mass is 10.1. The number of hydrogen-bond acceptors (Lipinski definition) is 8. The third-order valence-corrected chi connectivity index (χ3v) is 8.99. The molecule has 0 aromatic heterocycles. The largest absolute Gasteiger partial charge is 0.756 e. The Balaban J connectivity index is 4.66. The van der Waals surface area contributed by atoms with Crippen molar-refractivity contribution in [2.45, 2.75) is 148 Å². The van der Waals surface area contributed by atoms with Crippen LogP contribution in [0.1, 0.15) is 142 Å². The van der Waals surface area contributed by atoms with Crippen molar-refractivity contribution >= 4 is 19.8 Å². The normalized spacial score (nSPS) is 14.3. The molecule has 0 aliphatic carbocycles. The van der Waals surface area contributed by atoms with Gasteiger partial charge in [-0.1, -0.05) is 159 Å². The first kappa shape index (κ1) is 48.0. The van der Waals surface area contributed by atoms with E-state index in [0.29, 0.717) is 17.4 Å². The van der Waals surface area contributed by atoms with E-state index in [4.69, 9.17) is 18.5 Å². The van der Waals surface area contributed by atoms with Crippen molar-refractivity contribution in [1.29, 1.82) is 0 Å². The molecule has 0 amide bonds. The summed E-state index contributed by atoms with van der Waals surface area (Å²) in [5, 5.41) is 0. The van der Waals surface area contributed by atoms with Crippen molar-refractivity contribution < 1.29 is 42.1 Å². The van der Waals surface area contributed by atoms with Crippen molar-refractivity contribution in [2.75, 3.05) is 47.5 Å². The maximum absolute atomic E-state index is 12.5. The van der Waals surface area contributed by atoms with Gasteiger partial charge in [-0.25, -0.2) is 4.79 Å². The smallest absolute Gasteiger partial charge is 0.331 e. The summed E-state index contributed by atoms with van der Waals surface area (Å²) in [6.45, 7) is 4.01. The van der Waals surface area contributed by atoms with Crippen molar-refractivity contribution in [2.24, 2.45) is 0 Å². The van der Waals surface area contributed by atoms with Gasteiger partial charge in [0.2, 0.25) is 0 Å². The highest BCUT2D eigenvalue weighted by Crippen LogP contribution is 2.38. The number of phosphoric ester groups is 1. The number of unbranched alkanes of at least 4 members (excludes halogenated alkanes) is 17. The fraction of sp³-hybridized carbons (Fsp3) is 0.750. The van der Waals surface area contributed by atoms with Gasteiger partial charge in [-0.2, -0.15) is 0 Å². The van der Waals surface area contributed by atoms with Gasteiger partial charge in [0.05, 0.1) is 27.7 Å². The summed E-state index contributed by atoms with van der Waals surface area (Å²) in [5.74, 6) is -1.14. The van der Waals surface area contributed by atoms with Crippen LogP contribution >= 0.6 is 7.82 Å². The SMILES string of the molecule is CCCCCCCCC\C=C/C=C\C=C\C=CC(=O)O[C@H](COC(=O)CCCCCCCCCCCCC)COP(=O)([O-])OCC[N+](C)(C)C. The molecule has 0 bridgehead atoms. The summed E-state index contributed by atoms with van der Waals surface area (Å²) in [6.07, 6.45) is 36.4. The number of allylic oxidation sites excluding steroid dienone is 7. The van der Waals surface area contributed by atoms with Crippen LogP contribution in [0.15, 0.2) is 48.6 Å². The lowest BCUT2D eigenvalue weighted by Crippen LogP contribution is -2.37. The van der Waals surface area contributed by atoms with Crippen molar-refractivity contribution in [1.82, 2.24) is 0 Å². The molecule has 9 nitrogen and oxygen atoms in total. The summed E-state index contributed by atoms with van der Waals surface area (Å²) in [6, 6.07) is 0. The molecule has 0 saturated carbocycles. The highest BCUT2D eigenvalue weighted by atomic mass is 31.2. The Labute approximate surface area is 305 Å². The Bertz CT molecular complexity index is 1000. The Kier molecular flexibility index (Phi) is 31.5. The van der Waals surface area contributed by atoms with Crippen LogP contribution in [0.25, 0.3) is 0 Å². The standard InChI is InChI=1S/C40H72NO8P/c1-6-8-10-12-14-16-18-19-20-21-23-25-27-29-31-33-40(43)49-38(37-48-50(44,45)47-35-34-41(3,4)5)36-46-39(42)32-30-28-26-24-22-17-15-13-11-9-7-2/h20-21,23,25,27,29,31,33,38H,6-19,22,24,26,28,30,32,34-37H2,1-5H3/b21-20-,25-23-,29-27+,33-31?/t38-/m1/s1. The highest BCUT2D eigenvalue weighted by Gasteiger charge is 2.21. The quantitative estimate of drug-likeness (QED) is 0.0161. The Morgan fingerprint density at radius 3 is 1.72 bits per heavy atom. The van der Waals surface area contributed by atoms with Gasteiger partial charge in [-0.15, -0.1) is 0 Å². The van der Waals surface area contributed by atoms with E-state index < -0.39 is 32.5 Å². The first-order valence-electron chi connectivity index (χ1n) is 19.4. The second-order valence-corrected chi connectivity index (χ2v) is 15.5. The van der Waals surface area contributed by atoms with Crippen molar-refractivity contribution in [3.63, 3.8) is 0 Å². The molecule has 2 atom stereocenters. The van der Waals surface area contributed by atoms with E-state index in [1.165, 1.54) is 108 Å². The number of phosphoric acid groups is 1. The summed E-state index contributed by atoms with van der Waals surface area (Å²) in [7, 11) is 1.08. The number of rotatable bonds is 34. The molecule has 290 valence electrons. The van der Waals surface area contributed by atoms with E-state index in [0.717, 1.165) is 19.3 Å². The molecule has 10 heteroatoms. The predicted octanol–water partition coefficient (Wildman–Crippen LogP) is 9.72. The third-order valence-electron chi connectivity index (χ3n) is 8.03. The topological polar surface area (TPSA) is 111 Å². The van der Waals surface area contributed by atoms with Gasteiger partial charge in [0.1, 0.15) is 19.8 Å². The van der Waals surface area contributed by atoms with Crippen LogP contribution in [0, 0.1) is 0 Å². The van der Waals surface area contributed by atoms with Gasteiger partial charge in [0.15, 0.2) is 6.10 Å². The van der Waals surface area contributed by atoms with E-state index in [1.807, 2.05) is 39.4 Å². The number of quaternary nitrogens is 1. The molecule has 0 fully saturated rings. The molecule has 0 N–H and O–H groups in total. The van der Waals surface area contributed by atoms with Crippen LogP contribution in [0.3, 0.4) is 0 Å². The number of hydrogen-bond donors (Lipinski definition) is 0. The molecule has 0 radical (unpaired) electrons. The zero-order valence-corrected chi connectivity index (χ0v) is 33.2. The first-order chi connectivity index (χ1) is 24.0. The van der Waals surface area contributed by atoms with Gasteiger partial charge in [0, 0.05) is 12.5 Å². The molecule has 0 saturated heterocycles. The molecule has 0 aromatic carbocycles. The van der Waals surface area contributed by atoms with E-state index in [-0.39, 0.29) is 19.6 Å². The van der Waals surface area contributed by atoms with Crippen LogP contribution in [0.4, 0.5) is 0 Å². The number of carbonyl (C=O) groups excluding carboxylic acids is 2. The number of likely N-dealkylation sites (N-methyl/N-ethyl adjacent to an activating group) is 1. The Morgan fingerprint density at radius 1 is 0.660 bits per heavy atom. The molecular weight excluding hydrogens is 653 g/mol. The first-order valence-corrected chi connectivity index (χ1v) is 20.9. The second-order valence-electron chi connectivity index (χ2n) is 14.1. The molecule has 0 aromatic rings. The number of nitrogens with zero attached hydrogens (tertiary/aromatic N) is 1. The van der Waals surface area contributed by atoms with E-state index >= 15 is 0 Å². The lowest BCUT2D eigenvalue weighted by molar-refractivity contribution is -0.870. The molecular formula is C40H72NO8P. The van der Waals surface area contributed by atoms with Gasteiger partial charge in [-0.05, 0) is 19.3 Å². The number of ether oxygens (including phenoxy) is 2. The minimum Gasteiger partial charge on any atom is -0.756 e. The zero-order chi connectivity index (χ0) is 37.2. The van der Waals surface area contributed by atoms with Crippen LogP contribution in [0.5, 0.6) is 0 Å². The number of esters is 2. The minimum absolute atomic E-state index is 0.0544. The Hall–Kier alpha value is -2.03. The van der Waals surface area contributed by atoms with Crippen LogP contribution in [-0.4, -0.2) is 70.0 Å². The molecule has 50 heavy (non-hydrogen) atoms. The maximum atomic E-state index is 12.5. The van der Waals surface area contributed by atoms with Crippen LogP contribution in [-0.2, 0) is 32.7 Å². The summed E-state index contributed by atoms with van der Waals surface area (Å²) < 4.78 is 33.5. The molecule has 0 rings (SSSR count). The van der Waals surface area contributed by atoms with Gasteiger partial charge >= 0.3 is 11.9 Å². The molecule has 0 heterocycles. The highest BCUT2D eigenvalue weighted by molar-refractivity contribution is 7.45. The molecule has 0 spiro atoms. The number of carbonyl (C=O) groups is 2. The predicted molar refractivity (Wildman–Crippen MR) is 203 cm³/mol. The van der Waals surface area contributed by atoms with E-state index in [2.05, 4.69) is 19.9 Å². The summed E-state index contributed by atoms with van der Waals surface area (Å²) >= 11 is 0. The third kappa shape index (κ3) is 35.8. The molecule has 1 unspecified atom stereocenters. The summed E-state index contributed by atoms with van der Waals surface area (Å²) in [4.78, 5) is 37.1. The van der Waals surface area contributed by atoms with Crippen molar-refractivity contribution in [3.05, 3.63) is 48.6 Å². The van der Waals surface area contributed by atoms with E-state index in [9.17, 15) is 19.0 Å². The summed E-state index contributed by atoms with van der Waals surface area (Å²) in [5.41, 5.74) is 0. The second kappa shape index (κ2) is 32.8. The molecule has 0 aliphatic rings. The fourth-order valence-corrected chi connectivity index (χ4v) is 5.66. The average Bonchev–Trinajstić information content (AvgIpc) is 3.06. The van der Waals surface area contributed by atoms with Crippen molar-refractivity contribution in [3.8, 4) is 0 Å². The van der Waals surface area contributed by atoms with Gasteiger partial charge in [-0.3, -0.25) is 9.36 Å². The lowest BCUT2D eigenvalue weighted by Gasteiger charge is -2.28. The Morgan fingerprint density at radius 2 is 1.16 bits per heavy atom.